The van der Waals surface area contributed by atoms with Crippen molar-refractivity contribution in [1.29, 1.82) is 0 Å². The van der Waals surface area contributed by atoms with Gasteiger partial charge in [-0.3, -0.25) is 0 Å². The smallest absolute Gasteiger partial charge is 0.0432 e. The third kappa shape index (κ3) is 1.88. The van der Waals surface area contributed by atoms with Gasteiger partial charge in [-0.05, 0) is 37.3 Å². The van der Waals surface area contributed by atoms with Gasteiger partial charge in [-0.2, -0.15) is 0 Å². The quantitative estimate of drug-likeness (QED) is 0.727. The van der Waals surface area contributed by atoms with Gasteiger partial charge in [-0.1, -0.05) is 31.5 Å². The molecule has 1 aliphatic rings. The van der Waals surface area contributed by atoms with Crippen LogP contribution in [0.15, 0.2) is 18.2 Å². The topological polar surface area (TPSA) is 3.24 Å². The van der Waals surface area contributed by atoms with Crippen molar-refractivity contribution in [1.82, 2.24) is 0 Å². The molecule has 0 aromatic heterocycles. The highest BCUT2D eigenvalue weighted by molar-refractivity contribution is 5.64. The molecule has 0 bridgehead atoms. The van der Waals surface area contributed by atoms with Gasteiger partial charge in [0, 0.05) is 18.8 Å². The lowest BCUT2D eigenvalue weighted by molar-refractivity contribution is 0.727. The number of anilines is 1. The number of rotatable bonds is 3. The molecule has 1 heterocycles. The minimum atomic E-state index is 0.669. The van der Waals surface area contributed by atoms with Gasteiger partial charge in [0.25, 0.3) is 0 Å². The largest absolute Gasteiger partial charge is 0.371 e. The van der Waals surface area contributed by atoms with Crippen molar-refractivity contribution in [3.8, 4) is 0 Å². The molecule has 0 fully saturated rings. The highest BCUT2D eigenvalue weighted by Crippen LogP contribution is 2.34. The summed E-state index contributed by atoms with van der Waals surface area (Å²) in [6, 6.07) is 7.46. The van der Waals surface area contributed by atoms with Crippen LogP contribution >= 0.6 is 0 Å². The summed E-state index contributed by atoms with van der Waals surface area (Å²) in [6.07, 6.45) is 5.03. The van der Waals surface area contributed by atoms with Gasteiger partial charge in [0.15, 0.2) is 0 Å². The third-order valence-electron chi connectivity index (χ3n) is 3.53. The van der Waals surface area contributed by atoms with Crippen LogP contribution in [0.3, 0.4) is 0 Å². The molecule has 15 heavy (non-hydrogen) atoms. The summed E-state index contributed by atoms with van der Waals surface area (Å²) in [5.74, 6) is 0. The van der Waals surface area contributed by atoms with Gasteiger partial charge >= 0.3 is 0 Å². The highest BCUT2D eigenvalue weighted by Gasteiger charge is 2.24. The van der Waals surface area contributed by atoms with Crippen molar-refractivity contribution in [2.24, 2.45) is 0 Å². The summed E-state index contributed by atoms with van der Waals surface area (Å²) in [4.78, 5) is 2.44. The van der Waals surface area contributed by atoms with Gasteiger partial charge in [0.2, 0.25) is 0 Å². The first-order chi connectivity index (χ1) is 7.24. The Bertz CT molecular complexity index is 343. The van der Waals surface area contributed by atoms with Crippen molar-refractivity contribution in [2.75, 3.05) is 11.9 Å². The second-order valence-corrected chi connectivity index (χ2v) is 4.69. The normalized spacial score (nSPS) is 19.4. The lowest BCUT2D eigenvalue weighted by Crippen LogP contribution is -2.24. The van der Waals surface area contributed by atoms with E-state index in [0.717, 1.165) is 0 Å². The summed E-state index contributed by atoms with van der Waals surface area (Å²) in [5.41, 5.74) is 4.60. The molecule has 0 spiro atoms. The molecular weight excluding hydrogens is 182 g/mol. The van der Waals surface area contributed by atoms with Crippen molar-refractivity contribution in [2.45, 2.75) is 45.6 Å². The van der Waals surface area contributed by atoms with Crippen LogP contribution in [0.4, 0.5) is 5.69 Å². The number of likely N-dealkylation sites (N-methyl/N-ethyl adjacent to an activating group) is 1. The van der Waals surface area contributed by atoms with E-state index in [1.54, 1.807) is 11.1 Å². The summed E-state index contributed by atoms with van der Waals surface area (Å²) in [5, 5.41) is 0. The van der Waals surface area contributed by atoms with Crippen LogP contribution < -0.4 is 4.90 Å². The zero-order chi connectivity index (χ0) is 10.8. The number of benzene rings is 1. The zero-order valence-corrected chi connectivity index (χ0v) is 10.1. The zero-order valence-electron chi connectivity index (χ0n) is 10.1. The van der Waals surface area contributed by atoms with E-state index in [0.29, 0.717) is 6.04 Å². The van der Waals surface area contributed by atoms with Crippen LogP contribution in [-0.2, 0) is 12.8 Å². The van der Waals surface area contributed by atoms with E-state index in [1.807, 2.05) is 0 Å². The van der Waals surface area contributed by atoms with Crippen molar-refractivity contribution < 1.29 is 0 Å². The highest BCUT2D eigenvalue weighted by atomic mass is 15.2. The first-order valence-corrected chi connectivity index (χ1v) is 6.07. The summed E-state index contributed by atoms with van der Waals surface area (Å²) in [7, 11) is 2.23. The van der Waals surface area contributed by atoms with Crippen molar-refractivity contribution >= 4 is 5.69 Å². The Hall–Kier alpha value is -0.980. The Balaban J connectivity index is 2.30. The number of fused-ring (bicyclic) bond motifs is 1. The maximum atomic E-state index is 2.44. The van der Waals surface area contributed by atoms with Crippen molar-refractivity contribution in [3.63, 3.8) is 0 Å². The third-order valence-corrected chi connectivity index (χ3v) is 3.53. The van der Waals surface area contributed by atoms with Gasteiger partial charge in [-0.15, -0.1) is 0 Å². The Morgan fingerprint density at radius 1 is 1.40 bits per heavy atom. The van der Waals surface area contributed by atoms with Gasteiger partial charge in [0.05, 0.1) is 0 Å². The predicted octanol–water partition coefficient (Wildman–Crippen LogP) is 3.41. The average Bonchev–Trinajstić information content (AvgIpc) is 2.53. The molecule has 1 aromatic carbocycles. The van der Waals surface area contributed by atoms with E-state index in [9.17, 15) is 0 Å². The second kappa shape index (κ2) is 4.26. The molecule has 2 rings (SSSR count). The monoisotopic (exact) mass is 203 g/mol. The maximum absolute atomic E-state index is 2.44. The van der Waals surface area contributed by atoms with Gasteiger partial charge in [-0.25, -0.2) is 0 Å². The van der Waals surface area contributed by atoms with E-state index in [1.165, 1.54) is 31.4 Å². The Kier molecular flexibility index (Phi) is 2.99. The van der Waals surface area contributed by atoms with E-state index >= 15 is 0 Å². The number of aryl methyl sites for hydroxylation is 1. The van der Waals surface area contributed by atoms with Crippen LogP contribution in [0.2, 0.25) is 0 Å². The molecule has 0 N–H and O–H groups in total. The maximum Gasteiger partial charge on any atom is 0.0432 e. The fourth-order valence-corrected chi connectivity index (χ4v) is 2.51. The SMILES string of the molecule is CCCCc1cccc2c1N(C)C(C)C2. The molecule has 0 saturated carbocycles. The van der Waals surface area contributed by atoms with Gasteiger partial charge in [0.1, 0.15) is 0 Å². The van der Waals surface area contributed by atoms with E-state index < -0.39 is 0 Å². The molecule has 1 heteroatoms. The second-order valence-electron chi connectivity index (χ2n) is 4.69. The number of hydrogen-bond donors (Lipinski definition) is 0. The minimum absolute atomic E-state index is 0.669. The van der Waals surface area contributed by atoms with E-state index in [-0.39, 0.29) is 0 Å². The Labute approximate surface area is 93.1 Å². The summed E-state index contributed by atoms with van der Waals surface area (Å²) < 4.78 is 0. The molecule has 1 unspecified atom stereocenters. The number of nitrogens with zero attached hydrogens (tertiary/aromatic N) is 1. The van der Waals surface area contributed by atoms with E-state index in [2.05, 4.69) is 44.0 Å². The number of unbranched alkanes of at least 4 members (excludes halogenated alkanes) is 1. The molecule has 0 saturated heterocycles. The molecule has 1 aliphatic heterocycles. The summed E-state index contributed by atoms with van der Waals surface area (Å²) >= 11 is 0. The minimum Gasteiger partial charge on any atom is -0.371 e. The average molecular weight is 203 g/mol. The van der Waals surface area contributed by atoms with Crippen LogP contribution in [0.1, 0.15) is 37.8 Å². The number of para-hydroxylation sites is 1. The lowest BCUT2D eigenvalue weighted by Gasteiger charge is -2.21. The standard InChI is InChI=1S/C14H21N/c1-4-5-7-12-8-6-9-13-10-11(2)15(3)14(12)13/h6,8-9,11H,4-5,7,10H2,1-3H3. The van der Waals surface area contributed by atoms with Crippen LogP contribution in [0, 0.1) is 0 Å². The Morgan fingerprint density at radius 2 is 2.20 bits per heavy atom. The predicted molar refractivity (Wildman–Crippen MR) is 66.6 cm³/mol. The molecule has 0 aliphatic carbocycles. The molecule has 1 nitrogen and oxygen atoms in total. The van der Waals surface area contributed by atoms with Gasteiger partial charge < -0.3 is 4.90 Å². The fourth-order valence-electron chi connectivity index (χ4n) is 2.51. The lowest BCUT2D eigenvalue weighted by atomic mass is 10.0. The number of hydrogen-bond acceptors (Lipinski definition) is 1. The molecule has 0 radical (unpaired) electrons. The molecule has 1 aromatic rings. The molecule has 0 amide bonds. The first-order valence-electron chi connectivity index (χ1n) is 6.07. The van der Waals surface area contributed by atoms with Crippen LogP contribution in [-0.4, -0.2) is 13.1 Å². The molecular formula is C14H21N. The fraction of sp³-hybridized carbons (Fsp3) is 0.571. The first kappa shape index (κ1) is 10.5. The molecule has 1 atom stereocenters. The van der Waals surface area contributed by atoms with E-state index in [4.69, 9.17) is 0 Å². The van der Waals surface area contributed by atoms with Crippen molar-refractivity contribution in [3.05, 3.63) is 29.3 Å². The van der Waals surface area contributed by atoms with Crippen LogP contribution in [0.5, 0.6) is 0 Å². The van der Waals surface area contributed by atoms with Crippen LogP contribution in [0.25, 0.3) is 0 Å². The molecule has 82 valence electrons. The summed E-state index contributed by atoms with van der Waals surface area (Å²) in [6.45, 7) is 4.57. The Morgan fingerprint density at radius 3 is 2.93 bits per heavy atom.